The van der Waals surface area contributed by atoms with E-state index in [1.54, 1.807) is 25.1 Å². The zero-order valence-electron chi connectivity index (χ0n) is 19.2. The first-order valence-electron chi connectivity index (χ1n) is 10.7. The summed E-state index contributed by atoms with van der Waals surface area (Å²) < 4.78 is 28.2. The van der Waals surface area contributed by atoms with E-state index >= 15 is 0 Å². The summed E-state index contributed by atoms with van der Waals surface area (Å²) in [5.41, 5.74) is 0.888. The monoisotopic (exact) mass is 533 g/mol. The normalized spacial score (nSPS) is 12.0. The minimum Gasteiger partial charge on any atom is -0.357 e. The van der Waals surface area contributed by atoms with Crippen molar-refractivity contribution in [2.24, 2.45) is 0 Å². The molecular formula is C25H25Cl2N3O4S. The molecule has 3 aromatic rings. The van der Waals surface area contributed by atoms with Crippen molar-refractivity contribution in [2.75, 3.05) is 17.9 Å². The lowest BCUT2D eigenvalue weighted by Crippen LogP contribution is -2.50. The molecule has 3 rings (SSSR count). The number of amides is 2. The fourth-order valence-corrected chi connectivity index (χ4v) is 5.50. The molecule has 0 saturated heterocycles. The maximum absolute atomic E-state index is 13.6. The van der Waals surface area contributed by atoms with Crippen LogP contribution in [0.2, 0.25) is 10.0 Å². The van der Waals surface area contributed by atoms with Gasteiger partial charge in [-0.3, -0.25) is 13.9 Å². The van der Waals surface area contributed by atoms with Gasteiger partial charge in [-0.15, -0.1) is 0 Å². The molecule has 0 aliphatic carbocycles. The molecule has 0 spiro atoms. The van der Waals surface area contributed by atoms with Crippen LogP contribution in [0.3, 0.4) is 0 Å². The molecule has 2 amide bonds. The van der Waals surface area contributed by atoms with Gasteiger partial charge >= 0.3 is 0 Å². The highest BCUT2D eigenvalue weighted by Crippen LogP contribution is 2.33. The Morgan fingerprint density at radius 1 is 0.943 bits per heavy atom. The molecule has 0 bridgehead atoms. The molecule has 0 saturated carbocycles. The highest BCUT2D eigenvalue weighted by Gasteiger charge is 2.33. The number of rotatable bonds is 9. The Morgan fingerprint density at radius 3 is 2.11 bits per heavy atom. The summed E-state index contributed by atoms with van der Waals surface area (Å²) in [6.07, 6.45) is 0. The second-order valence-electron chi connectivity index (χ2n) is 7.72. The van der Waals surface area contributed by atoms with E-state index in [-0.39, 0.29) is 28.1 Å². The van der Waals surface area contributed by atoms with Gasteiger partial charge in [-0.1, -0.05) is 71.7 Å². The average molecular weight is 534 g/mol. The van der Waals surface area contributed by atoms with Crippen molar-refractivity contribution in [1.29, 1.82) is 0 Å². The molecule has 1 atom stereocenters. The van der Waals surface area contributed by atoms with Crippen molar-refractivity contribution >= 4 is 50.7 Å². The van der Waals surface area contributed by atoms with Crippen molar-refractivity contribution in [3.63, 3.8) is 0 Å². The quantitative estimate of drug-likeness (QED) is 0.442. The Balaban J connectivity index is 2.05. The zero-order valence-corrected chi connectivity index (χ0v) is 21.5. The fourth-order valence-electron chi connectivity index (χ4n) is 3.49. The number of benzene rings is 3. The highest BCUT2D eigenvalue weighted by molar-refractivity contribution is 7.92. The van der Waals surface area contributed by atoms with Gasteiger partial charge in [-0.25, -0.2) is 8.42 Å². The summed E-state index contributed by atoms with van der Waals surface area (Å²) in [7, 11) is -2.71. The van der Waals surface area contributed by atoms with E-state index in [1.807, 2.05) is 30.3 Å². The molecule has 0 heterocycles. The number of likely N-dealkylation sites (N-methyl/N-ethyl adjacent to an activating group) is 1. The van der Waals surface area contributed by atoms with Gasteiger partial charge in [0.15, 0.2) is 0 Å². The van der Waals surface area contributed by atoms with Crippen LogP contribution < -0.4 is 9.62 Å². The Kier molecular flexibility index (Phi) is 8.77. The molecule has 35 heavy (non-hydrogen) atoms. The first kappa shape index (κ1) is 26.5. The maximum atomic E-state index is 13.6. The van der Waals surface area contributed by atoms with Crippen molar-refractivity contribution in [1.82, 2.24) is 10.2 Å². The minimum atomic E-state index is -4.18. The van der Waals surface area contributed by atoms with Gasteiger partial charge in [-0.05, 0) is 42.8 Å². The third-order valence-corrected chi connectivity index (χ3v) is 7.71. The second kappa shape index (κ2) is 11.6. The summed E-state index contributed by atoms with van der Waals surface area (Å²) in [6.45, 7) is 1.12. The molecule has 7 nitrogen and oxygen atoms in total. The van der Waals surface area contributed by atoms with Gasteiger partial charge in [-0.2, -0.15) is 0 Å². The number of carbonyl (C=O) groups is 2. The smallest absolute Gasteiger partial charge is 0.264 e. The predicted molar refractivity (Wildman–Crippen MR) is 138 cm³/mol. The lowest BCUT2D eigenvalue weighted by atomic mass is 10.1. The van der Waals surface area contributed by atoms with Gasteiger partial charge in [0.1, 0.15) is 12.6 Å². The van der Waals surface area contributed by atoms with E-state index in [1.165, 1.54) is 42.3 Å². The molecule has 10 heteroatoms. The molecule has 0 fully saturated rings. The lowest BCUT2D eigenvalue weighted by Gasteiger charge is -2.32. The number of nitrogens with one attached hydrogen (secondary N) is 1. The van der Waals surface area contributed by atoms with E-state index in [2.05, 4.69) is 5.32 Å². The van der Waals surface area contributed by atoms with Gasteiger partial charge in [0, 0.05) is 18.6 Å². The molecule has 1 N–H and O–H groups in total. The van der Waals surface area contributed by atoms with Gasteiger partial charge in [0.2, 0.25) is 11.8 Å². The average Bonchev–Trinajstić information content (AvgIpc) is 2.86. The van der Waals surface area contributed by atoms with E-state index in [9.17, 15) is 18.0 Å². The Hall–Kier alpha value is -3.07. The SMILES string of the molecule is CNC(=O)[C@H](C)N(Cc1ccccc1)C(=O)CN(c1ccc(Cl)cc1Cl)S(=O)(=O)c1ccccc1. The van der Waals surface area contributed by atoms with Crippen LogP contribution in [-0.2, 0) is 26.2 Å². The Morgan fingerprint density at radius 2 is 1.54 bits per heavy atom. The first-order valence-corrected chi connectivity index (χ1v) is 12.9. The number of anilines is 1. The standard InChI is InChI=1S/C25H25Cl2N3O4S/c1-18(25(32)28-2)29(16-19-9-5-3-6-10-19)24(31)17-30(23-14-13-20(26)15-22(23)27)35(33,34)21-11-7-4-8-12-21/h3-15,18H,16-17H2,1-2H3,(H,28,32)/t18-/m0/s1. The molecular weight excluding hydrogens is 509 g/mol. The molecule has 0 aliphatic heterocycles. The summed E-state index contributed by atoms with van der Waals surface area (Å²) >= 11 is 12.4. The molecule has 0 radical (unpaired) electrons. The topological polar surface area (TPSA) is 86.8 Å². The largest absolute Gasteiger partial charge is 0.357 e. The van der Waals surface area contributed by atoms with Gasteiger partial charge in [0.25, 0.3) is 10.0 Å². The van der Waals surface area contributed by atoms with Crippen LogP contribution >= 0.6 is 23.2 Å². The Bertz CT molecular complexity index is 1290. The minimum absolute atomic E-state index is 0.00669. The predicted octanol–water partition coefficient (Wildman–Crippen LogP) is 4.35. The zero-order chi connectivity index (χ0) is 25.6. The number of nitrogens with zero attached hydrogens (tertiary/aromatic N) is 2. The van der Waals surface area contributed by atoms with Crippen LogP contribution in [0.25, 0.3) is 0 Å². The molecule has 0 aromatic heterocycles. The number of halogens is 2. The molecule has 0 aliphatic rings. The van der Waals surface area contributed by atoms with Crippen LogP contribution in [0.15, 0.2) is 83.8 Å². The highest BCUT2D eigenvalue weighted by atomic mass is 35.5. The summed E-state index contributed by atoms with van der Waals surface area (Å²) in [5.74, 6) is -0.952. The van der Waals surface area contributed by atoms with Crippen molar-refractivity contribution in [3.8, 4) is 0 Å². The Labute approximate surface area is 215 Å². The summed E-state index contributed by atoms with van der Waals surface area (Å²) in [6, 6.07) is 20.4. The summed E-state index contributed by atoms with van der Waals surface area (Å²) in [5, 5.41) is 2.93. The number of carbonyl (C=O) groups excluding carboxylic acids is 2. The third kappa shape index (κ3) is 6.33. The second-order valence-corrected chi connectivity index (χ2v) is 10.4. The molecule has 184 valence electrons. The molecule has 3 aromatic carbocycles. The third-order valence-electron chi connectivity index (χ3n) is 5.40. The van der Waals surface area contributed by atoms with E-state index < -0.39 is 28.5 Å². The van der Waals surface area contributed by atoms with Gasteiger partial charge in [0.05, 0.1) is 15.6 Å². The summed E-state index contributed by atoms with van der Waals surface area (Å²) in [4.78, 5) is 27.4. The van der Waals surface area contributed by atoms with Crippen molar-refractivity contribution in [2.45, 2.75) is 24.4 Å². The van der Waals surface area contributed by atoms with Crippen LogP contribution in [0.5, 0.6) is 0 Å². The fraction of sp³-hybridized carbons (Fsp3) is 0.200. The molecule has 0 unspecified atom stereocenters. The van der Waals surface area contributed by atoms with E-state index in [4.69, 9.17) is 23.2 Å². The van der Waals surface area contributed by atoms with Crippen LogP contribution in [0, 0.1) is 0 Å². The number of sulfonamides is 1. The number of hydrogen-bond acceptors (Lipinski definition) is 4. The maximum Gasteiger partial charge on any atom is 0.264 e. The van der Waals surface area contributed by atoms with Crippen molar-refractivity contribution in [3.05, 3.63) is 94.5 Å². The van der Waals surface area contributed by atoms with Crippen molar-refractivity contribution < 1.29 is 18.0 Å². The lowest BCUT2D eigenvalue weighted by molar-refractivity contribution is -0.139. The van der Waals surface area contributed by atoms with E-state index in [0.29, 0.717) is 5.02 Å². The first-order chi connectivity index (χ1) is 16.6. The van der Waals surface area contributed by atoms with Gasteiger partial charge < -0.3 is 10.2 Å². The van der Waals surface area contributed by atoms with Crippen LogP contribution in [-0.4, -0.2) is 44.8 Å². The van der Waals surface area contributed by atoms with Crippen LogP contribution in [0.1, 0.15) is 12.5 Å². The number of hydrogen-bond donors (Lipinski definition) is 1. The van der Waals surface area contributed by atoms with E-state index in [0.717, 1.165) is 9.87 Å². The van der Waals surface area contributed by atoms with Crippen LogP contribution in [0.4, 0.5) is 5.69 Å².